The molecule has 74 valence electrons. The Bertz CT molecular complexity index is 199. The summed E-state index contributed by atoms with van der Waals surface area (Å²) < 4.78 is 4.79. The van der Waals surface area contributed by atoms with E-state index in [-0.39, 0.29) is 5.97 Å². The summed E-state index contributed by atoms with van der Waals surface area (Å²) in [5, 5.41) is 0. The summed E-state index contributed by atoms with van der Waals surface area (Å²) in [7, 11) is 1.89. The molecule has 0 aromatic carbocycles. The molecule has 0 aliphatic rings. The molecule has 0 N–H and O–H groups in total. The molecule has 0 fully saturated rings. The molecule has 0 atom stereocenters. The molecule has 0 aromatic rings. The molecule has 0 heterocycles. The predicted molar refractivity (Wildman–Crippen MR) is 53.5 cm³/mol. The van der Waals surface area contributed by atoms with Crippen molar-refractivity contribution in [3.05, 3.63) is 24.8 Å². The number of esters is 1. The topological polar surface area (TPSA) is 29.5 Å². The minimum atomic E-state index is -0.321. The van der Waals surface area contributed by atoms with Crippen LogP contribution in [0.2, 0.25) is 0 Å². The molecule has 0 aromatic heterocycles. The molecule has 0 radical (unpaired) electrons. The molecular weight excluding hydrogens is 166 g/mol. The molecule has 0 aliphatic carbocycles. The van der Waals surface area contributed by atoms with Crippen LogP contribution in [-0.4, -0.2) is 37.6 Å². The van der Waals surface area contributed by atoms with E-state index in [0.29, 0.717) is 18.7 Å². The maximum absolute atomic E-state index is 11.1. The highest BCUT2D eigenvalue weighted by Crippen LogP contribution is 1.97. The van der Waals surface area contributed by atoms with Crippen LogP contribution in [0.3, 0.4) is 0 Å². The van der Waals surface area contributed by atoms with Crippen LogP contribution >= 0.6 is 0 Å². The van der Waals surface area contributed by atoms with Crippen molar-refractivity contribution in [3.63, 3.8) is 0 Å². The van der Waals surface area contributed by atoms with E-state index in [1.165, 1.54) is 0 Å². The van der Waals surface area contributed by atoms with Gasteiger partial charge in [0.05, 0.1) is 6.61 Å². The highest BCUT2D eigenvalue weighted by molar-refractivity contribution is 5.88. The van der Waals surface area contributed by atoms with Crippen LogP contribution in [-0.2, 0) is 9.53 Å². The van der Waals surface area contributed by atoms with E-state index in [1.807, 2.05) is 11.9 Å². The van der Waals surface area contributed by atoms with Gasteiger partial charge in [0, 0.05) is 18.7 Å². The van der Waals surface area contributed by atoms with E-state index >= 15 is 0 Å². The monoisotopic (exact) mass is 183 g/mol. The summed E-state index contributed by atoms with van der Waals surface area (Å²) in [6, 6.07) is 0. The maximum Gasteiger partial charge on any atom is 0.334 e. The summed E-state index contributed by atoms with van der Waals surface area (Å²) in [6.45, 7) is 10.7. The molecule has 0 rings (SSSR count). The van der Waals surface area contributed by atoms with Gasteiger partial charge in [0.15, 0.2) is 0 Å². The van der Waals surface area contributed by atoms with Gasteiger partial charge in [-0.05, 0) is 14.0 Å². The van der Waals surface area contributed by atoms with Crippen LogP contribution in [0.15, 0.2) is 24.8 Å². The standard InChI is InChI=1S/C10H17NO2/c1-5-7-11(4)8-9(3)10(12)13-6-2/h5H,1,3,6-8H2,2,4H3. The van der Waals surface area contributed by atoms with Crippen molar-refractivity contribution in [2.45, 2.75) is 6.92 Å². The van der Waals surface area contributed by atoms with Crippen LogP contribution in [0.5, 0.6) is 0 Å². The quantitative estimate of drug-likeness (QED) is 0.352. The summed E-state index contributed by atoms with van der Waals surface area (Å²) in [6.07, 6.45) is 1.78. The fraction of sp³-hybridized carbons (Fsp3) is 0.500. The zero-order valence-corrected chi connectivity index (χ0v) is 8.38. The predicted octanol–water partition coefficient (Wildman–Crippen LogP) is 1.22. The lowest BCUT2D eigenvalue weighted by Crippen LogP contribution is -2.24. The second kappa shape index (κ2) is 6.43. The molecule has 3 nitrogen and oxygen atoms in total. The fourth-order valence-corrected chi connectivity index (χ4v) is 0.908. The molecule has 0 unspecified atom stereocenters. The fourth-order valence-electron chi connectivity index (χ4n) is 0.908. The minimum Gasteiger partial charge on any atom is -0.463 e. The van der Waals surface area contributed by atoms with Crippen LogP contribution < -0.4 is 0 Å². The second-order valence-corrected chi connectivity index (χ2v) is 2.81. The van der Waals surface area contributed by atoms with Crippen molar-refractivity contribution < 1.29 is 9.53 Å². The summed E-state index contributed by atoms with van der Waals surface area (Å²) in [5.41, 5.74) is 0.478. The average Bonchev–Trinajstić information content (AvgIpc) is 2.05. The number of carbonyl (C=O) groups excluding carboxylic acids is 1. The first-order valence-corrected chi connectivity index (χ1v) is 4.26. The van der Waals surface area contributed by atoms with Gasteiger partial charge in [-0.2, -0.15) is 0 Å². The summed E-state index contributed by atoms with van der Waals surface area (Å²) in [4.78, 5) is 13.0. The number of rotatable bonds is 6. The second-order valence-electron chi connectivity index (χ2n) is 2.81. The molecule has 0 amide bonds. The Kier molecular flexibility index (Phi) is 5.89. The molecular formula is C10H17NO2. The van der Waals surface area contributed by atoms with E-state index < -0.39 is 0 Å². The molecule has 0 bridgehead atoms. The molecule has 0 aliphatic heterocycles. The van der Waals surface area contributed by atoms with Gasteiger partial charge in [0.2, 0.25) is 0 Å². The lowest BCUT2D eigenvalue weighted by Gasteiger charge is -2.14. The number of carbonyl (C=O) groups is 1. The Morgan fingerprint density at radius 1 is 1.62 bits per heavy atom. The largest absolute Gasteiger partial charge is 0.463 e. The third-order valence-corrected chi connectivity index (χ3v) is 1.47. The maximum atomic E-state index is 11.1. The van der Waals surface area contributed by atoms with Crippen molar-refractivity contribution >= 4 is 5.97 Å². The van der Waals surface area contributed by atoms with Crippen molar-refractivity contribution in [2.24, 2.45) is 0 Å². The average molecular weight is 183 g/mol. The van der Waals surface area contributed by atoms with Crippen LogP contribution in [0.25, 0.3) is 0 Å². The Morgan fingerprint density at radius 3 is 2.69 bits per heavy atom. The van der Waals surface area contributed by atoms with E-state index in [0.717, 1.165) is 6.54 Å². The normalized spacial score (nSPS) is 9.77. The van der Waals surface area contributed by atoms with Crippen LogP contribution in [0.1, 0.15) is 6.92 Å². The van der Waals surface area contributed by atoms with Crippen LogP contribution in [0.4, 0.5) is 0 Å². The Labute approximate surface area is 79.7 Å². The van der Waals surface area contributed by atoms with Crippen molar-refractivity contribution in [1.82, 2.24) is 4.90 Å². The molecule has 0 saturated heterocycles. The zero-order valence-electron chi connectivity index (χ0n) is 8.38. The van der Waals surface area contributed by atoms with Gasteiger partial charge in [-0.15, -0.1) is 6.58 Å². The van der Waals surface area contributed by atoms with Gasteiger partial charge in [-0.25, -0.2) is 4.79 Å². The first-order chi connectivity index (χ1) is 6.11. The third-order valence-electron chi connectivity index (χ3n) is 1.47. The van der Waals surface area contributed by atoms with Gasteiger partial charge in [-0.3, -0.25) is 4.90 Å². The molecule has 13 heavy (non-hydrogen) atoms. The molecule has 0 spiro atoms. The van der Waals surface area contributed by atoms with Gasteiger partial charge in [0.25, 0.3) is 0 Å². The SMILES string of the molecule is C=CCN(C)CC(=C)C(=O)OCC. The molecule has 0 saturated carbocycles. The van der Waals surface area contributed by atoms with Crippen LogP contribution in [0, 0.1) is 0 Å². The van der Waals surface area contributed by atoms with E-state index in [1.54, 1.807) is 13.0 Å². The van der Waals surface area contributed by atoms with Gasteiger partial charge in [0.1, 0.15) is 0 Å². The van der Waals surface area contributed by atoms with Gasteiger partial charge < -0.3 is 4.74 Å². The number of hydrogen-bond donors (Lipinski definition) is 0. The summed E-state index contributed by atoms with van der Waals surface area (Å²) in [5.74, 6) is -0.321. The number of hydrogen-bond acceptors (Lipinski definition) is 3. The number of ether oxygens (including phenoxy) is 1. The highest BCUT2D eigenvalue weighted by atomic mass is 16.5. The Hall–Kier alpha value is -1.09. The lowest BCUT2D eigenvalue weighted by molar-refractivity contribution is -0.138. The van der Waals surface area contributed by atoms with Crippen molar-refractivity contribution in [1.29, 1.82) is 0 Å². The number of likely N-dealkylation sites (N-methyl/N-ethyl adjacent to an activating group) is 1. The Morgan fingerprint density at radius 2 is 2.23 bits per heavy atom. The van der Waals surface area contributed by atoms with E-state index in [9.17, 15) is 4.79 Å². The lowest BCUT2D eigenvalue weighted by atomic mass is 10.3. The minimum absolute atomic E-state index is 0.321. The molecule has 3 heteroatoms. The summed E-state index contributed by atoms with van der Waals surface area (Å²) >= 11 is 0. The number of nitrogens with zero attached hydrogens (tertiary/aromatic N) is 1. The first kappa shape index (κ1) is 11.9. The highest BCUT2D eigenvalue weighted by Gasteiger charge is 2.08. The zero-order chi connectivity index (χ0) is 10.3. The smallest absolute Gasteiger partial charge is 0.334 e. The van der Waals surface area contributed by atoms with Gasteiger partial charge >= 0.3 is 5.97 Å². The van der Waals surface area contributed by atoms with E-state index in [2.05, 4.69) is 13.2 Å². The van der Waals surface area contributed by atoms with E-state index in [4.69, 9.17) is 4.74 Å². The van der Waals surface area contributed by atoms with Gasteiger partial charge in [-0.1, -0.05) is 12.7 Å². The Balaban J connectivity index is 3.84. The third kappa shape index (κ3) is 5.20. The van der Waals surface area contributed by atoms with Crippen molar-refractivity contribution in [3.8, 4) is 0 Å². The first-order valence-electron chi connectivity index (χ1n) is 4.26. The van der Waals surface area contributed by atoms with Crippen molar-refractivity contribution in [2.75, 3.05) is 26.7 Å².